The van der Waals surface area contributed by atoms with Gasteiger partial charge in [-0.15, -0.1) is 0 Å². The molecular weight excluding hydrogens is 220 g/mol. The summed E-state index contributed by atoms with van der Waals surface area (Å²) in [4.78, 5) is 12.2. The van der Waals surface area contributed by atoms with Crippen molar-refractivity contribution in [2.75, 3.05) is 0 Å². The minimum absolute atomic E-state index is 0.136. The maximum atomic E-state index is 12.2. The predicted octanol–water partition coefficient (Wildman–Crippen LogP) is 5.30. The van der Waals surface area contributed by atoms with E-state index in [0.717, 1.165) is 12.8 Å². The van der Waals surface area contributed by atoms with Crippen LogP contribution in [0.3, 0.4) is 0 Å². The van der Waals surface area contributed by atoms with Crippen molar-refractivity contribution >= 4 is 5.78 Å². The lowest BCUT2D eigenvalue weighted by atomic mass is 9.92. The lowest BCUT2D eigenvalue weighted by Crippen LogP contribution is -2.13. The van der Waals surface area contributed by atoms with E-state index in [2.05, 4.69) is 26.8 Å². The fraction of sp³-hybridized carbons (Fsp3) is 0.824. The van der Waals surface area contributed by atoms with E-state index in [-0.39, 0.29) is 5.92 Å². The summed E-state index contributed by atoms with van der Waals surface area (Å²) in [6.45, 7) is 6.51. The van der Waals surface area contributed by atoms with Crippen molar-refractivity contribution in [1.29, 1.82) is 0 Å². The summed E-state index contributed by atoms with van der Waals surface area (Å²) in [7, 11) is 0. The van der Waals surface area contributed by atoms with Crippen LogP contribution in [0.4, 0.5) is 0 Å². The Hall–Kier alpha value is -0.590. The van der Waals surface area contributed by atoms with Gasteiger partial charge in [0.25, 0.3) is 0 Å². The highest BCUT2D eigenvalue weighted by atomic mass is 16.1. The van der Waals surface area contributed by atoms with Crippen LogP contribution < -0.4 is 0 Å². The van der Waals surface area contributed by atoms with Gasteiger partial charge in [0, 0.05) is 12.3 Å². The largest absolute Gasteiger partial charge is 0.299 e. The summed E-state index contributed by atoms with van der Waals surface area (Å²) in [5.41, 5.74) is 1.48. The lowest BCUT2D eigenvalue weighted by molar-refractivity contribution is -0.122. The second kappa shape index (κ2) is 8.50. The van der Waals surface area contributed by atoms with Crippen LogP contribution >= 0.6 is 0 Å². The van der Waals surface area contributed by atoms with Gasteiger partial charge >= 0.3 is 0 Å². The van der Waals surface area contributed by atoms with Crippen molar-refractivity contribution in [2.24, 2.45) is 11.8 Å². The summed E-state index contributed by atoms with van der Waals surface area (Å²) < 4.78 is 0. The van der Waals surface area contributed by atoms with Crippen LogP contribution in [0.5, 0.6) is 0 Å². The van der Waals surface area contributed by atoms with E-state index < -0.39 is 0 Å². The number of hydrogen-bond acceptors (Lipinski definition) is 1. The van der Waals surface area contributed by atoms with Crippen LogP contribution in [0.2, 0.25) is 0 Å². The highest BCUT2D eigenvalue weighted by Gasteiger charge is 2.20. The Morgan fingerprint density at radius 3 is 2.50 bits per heavy atom. The third-order valence-corrected chi connectivity index (χ3v) is 4.26. The molecule has 0 heterocycles. The number of allylic oxidation sites excluding steroid dienone is 2. The molecule has 1 fully saturated rings. The average Bonchev–Trinajstić information content (AvgIpc) is 2.86. The zero-order valence-corrected chi connectivity index (χ0v) is 12.5. The molecule has 0 bridgehead atoms. The number of unbranched alkanes of at least 4 members (excludes halogenated alkanes) is 1. The highest BCUT2D eigenvalue weighted by Crippen LogP contribution is 2.29. The van der Waals surface area contributed by atoms with Crippen LogP contribution in [-0.2, 0) is 4.79 Å². The van der Waals surface area contributed by atoms with Crippen molar-refractivity contribution in [3.05, 3.63) is 11.6 Å². The first-order valence-electron chi connectivity index (χ1n) is 7.89. The van der Waals surface area contributed by atoms with Gasteiger partial charge in [0.05, 0.1) is 0 Å². The number of rotatable bonds is 8. The van der Waals surface area contributed by atoms with Crippen molar-refractivity contribution in [3.63, 3.8) is 0 Å². The van der Waals surface area contributed by atoms with E-state index in [0.29, 0.717) is 11.7 Å². The SMILES string of the molecule is CCCC/C(=C/C(C)C(=O)CC1CCCC1)CC. The fourth-order valence-corrected chi connectivity index (χ4v) is 2.91. The number of carbonyl (C=O) groups excluding carboxylic acids is 1. The van der Waals surface area contributed by atoms with Crippen molar-refractivity contribution in [2.45, 2.75) is 78.6 Å². The molecule has 1 heteroatoms. The lowest BCUT2D eigenvalue weighted by Gasteiger charge is -2.12. The fourth-order valence-electron chi connectivity index (χ4n) is 2.91. The number of Topliss-reactive ketones (excluding diaryl/α,β-unsaturated/α-hetero) is 1. The van der Waals surface area contributed by atoms with E-state index >= 15 is 0 Å². The number of hydrogen-bond donors (Lipinski definition) is 0. The van der Waals surface area contributed by atoms with Gasteiger partial charge in [-0.2, -0.15) is 0 Å². The van der Waals surface area contributed by atoms with E-state index in [1.54, 1.807) is 0 Å². The Morgan fingerprint density at radius 2 is 1.94 bits per heavy atom. The second-order valence-corrected chi connectivity index (χ2v) is 5.89. The molecule has 0 radical (unpaired) electrons. The molecule has 0 aromatic heterocycles. The van der Waals surface area contributed by atoms with Gasteiger partial charge in [-0.05, 0) is 25.2 Å². The second-order valence-electron chi connectivity index (χ2n) is 5.89. The standard InChI is InChI=1S/C17H30O/c1-4-6-9-15(5-2)12-14(3)17(18)13-16-10-7-8-11-16/h12,14,16H,4-11,13H2,1-3H3/b15-12+. The van der Waals surface area contributed by atoms with Gasteiger partial charge in [0.15, 0.2) is 0 Å². The summed E-state index contributed by atoms with van der Waals surface area (Å²) in [6, 6.07) is 0. The molecule has 1 aliphatic carbocycles. The molecule has 18 heavy (non-hydrogen) atoms. The molecule has 0 spiro atoms. The smallest absolute Gasteiger partial charge is 0.139 e. The molecule has 1 unspecified atom stereocenters. The van der Waals surface area contributed by atoms with Gasteiger partial charge in [-0.3, -0.25) is 4.79 Å². The van der Waals surface area contributed by atoms with Gasteiger partial charge in [0.2, 0.25) is 0 Å². The third kappa shape index (κ3) is 5.37. The molecule has 0 saturated heterocycles. The molecule has 1 aliphatic rings. The predicted molar refractivity (Wildman–Crippen MR) is 78.6 cm³/mol. The molecule has 0 aromatic rings. The Labute approximate surface area is 113 Å². The van der Waals surface area contributed by atoms with E-state index in [4.69, 9.17) is 0 Å². The van der Waals surface area contributed by atoms with Crippen LogP contribution in [0, 0.1) is 11.8 Å². The molecule has 1 rings (SSSR count). The molecule has 0 N–H and O–H groups in total. The molecule has 104 valence electrons. The molecule has 1 nitrogen and oxygen atoms in total. The Kier molecular flexibility index (Phi) is 7.31. The van der Waals surface area contributed by atoms with Crippen LogP contribution in [0.25, 0.3) is 0 Å². The maximum Gasteiger partial charge on any atom is 0.139 e. The molecular formula is C17H30O. The van der Waals surface area contributed by atoms with E-state index in [1.165, 1.54) is 50.5 Å². The normalized spacial score (nSPS) is 19.2. The van der Waals surface area contributed by atoms with E-state index in [9.17, 15) is 4.79 Å². The summed E-state index contributed by atoms with van der Waals surface area (Å²) >= 11 is 0. The van der Waals surface area contributed by atoms with Gasteiger partial charge in [-0.25, -0.2) is 0 Å². The van der Waals surface area contributed by atoms with Crippen LogP contribution in [-0.4, -0.2) is 5.78 Å². The first-order chi connectivity index (χ1) is 8.67. The average molecular weight is 250 g/mol. The molecule has 1 saturated carbocycles. The first kappa shape index (κ1) is 15.5. The van der Waals surface area contributed by atoms with Gasteiger partial charge in [0.1, 0.15) is 5.78 Å². The van der Waals surface area contributed by atoms with E-state index in [1.807, 2.05) is 0 Å². The Morgan fingerprint density at radius 1 is 1.28 bits per heavy atom. The highest BCUT2D eigenvalue weighted by molar-refractivity contribution is 5.82. The monoisotopic (exact) mass is 250 g/mol. The third-order valence-electron chi connectivity index (χ3n) is 4.26. The summed E-state index contributed by atoms with van der Waals surface area (Å²) in [6.07, 6.45) is 13.0. The molecule has 0 aliphatic heterocycles. The first-order valence-corrected chi connectivity index (χ1v) is 7.89. The topological polar surface area (TPSA) is 17.1 Å². The van der Waals surface area contributed by atoms with Crippen LogP contribution in [0.15, 0.2) is 11.6 Å². The van der Waals surface area contributed by atoms with Crippen molar-refractivity contribution in [3.8, 4) is 0 Å². The minimum atomic E-state index is 0.136. The number of carbonyl (C=O) groups is 1. The van der Waals surface area contributed by atoms with Gasteiger partial charge in [-0.1, -0.05) is 64.5 Å². The van der Waals surface area contributed by atoms with Crippen molar-refractivity contribution < 1.29 is 4.79 Å². The van der Waals surface area contributed by atoms with Gasteiger partial charge < -0.3 is 0 Å². The zero-order chi connectivity index (χ0) is 13.4. The van der Waals surface area contributed by atoms with Crippen LogP contribution in [0.1, 0.15) is 78.6 Å². The Balaban J connectivity index is 2.42. The Bertz CT molecular complexity index is 271. The molecule has 0 aromatic carbocycles. The zero-order valence-electron chi connectivity index (χ0n) is 12.5. The number of ketones is 1. The maximum absolute atomic E-state index is 12.2. The molecule has 1 atom stereocenters. The summed E-state index contributed by atoms with van der Waals surface area (Å²) in [5.74, 6) is 1.29. The molecule has 0 amide bonds. The van der Waals surface area contributed by atoms with Crippen molar-refractivity contribution in [1.82, 2.24) is 0 Å². The summed E-state index contributed by atoms with van der Waals surface area (Å²) in [5, 5.41) is 0. The quantitative estimate of drug-likeness (QED) is 0.534. The minimum Gasteiger partial charge on any atom is -0.299 e.